The quantitative estimate of drug-likeness (QED) is 0.525. The fourth-order valence-corrected chi connectivity index (χ4v) is 2.27. The standard InChI is InChI=1S/C6H10I2O/c7-6(8)3-1-5(9)2-4-6/h5,9H,1-4H2. The summed E-state index contributed by atoms with van der Waals surface area (Å²) >= 11 is 4.95. The van der Waals surface area contributed by atoms with E-state index in [1.807, 2.05) is 0 Å². The minimum atomic E-state index is -0.0114. The van der Waals surface area contributed by atoms with Gasteiger partial charge in [0.15, 0.2) is 0 Å². The average molecular weight is 352 g/mol. The molecule has 1 rings (SSSR count). The van der Waals surface area contributed by atoms with E-state index in [4.69, 9.17) is 5.11 Å². The van der Waals surface area contributed by atoms with Crippen molar-refractivity contribution in [2.24, 2.45) is 0 Å². The zero-order chi connectivity index (χ0) is 6.91. The normalized spacial score (nSPS) is 28.3. The van der Waals surface area contributed by atoms with Crippen molar-refractivity contribution in [3.63, 3.8) is 0 Å². The Balaban J connectivity index is 2.35. The Kier molecular flexibility index (Phi) is 3.04. The summed E-state index contributed by atoms with van der Waals surface area (Å²) in [5.41, 5.74) is 0. The van der Waals surface area contributed by atoms with Gasteiger partial charge in [0.2, 0.25) is 0 Å². The topological polar surface area (TPSA) is 20.2 Å². The molecule has 9 heavy (non-hydrogen) atoms. The molecule has 54 valence electrons. The highest BCUT2D eigenvalue weighted by atomic mass is 127. The lowest BCUT2D eigenvalue weighted by Crippen LogP contribution is -2.23. The maximum absolute atomic E-state index is 9.13. The molecule has 0 unspecified atom stereocenters. The fourth-order valence-electron chi connectivity index (χ4n) is 1.02. The number of hydrogen-bond acceptors (Lipinski definition) is 1. The van der Waals surface area contributed by atoms with Crippen molar-refractivity contribution in [3.8, 4) is 0 Å². The monoisotopic (exact) mass is 352 g/mol. The molecule has 0 saturated heterocycles. The first-order valence-electron chi connectivity index (χ1n) is 3.16. The second-order valence-electron chi connectivity index (χ2n) is 2.59. The van der Waals surface area contributed by atoms with Crippen LogP contribution in [0.4, 0.5) is 0 Å². The van der Waals surface area contributed by atoms with Gasteiger partial charge in [-0.1, -0.05) is 45.2 Å². The van der Waals surface area contributed by atoms with Crippen LogP contribution in [0.5, 0.6) is 0 Å². The first-order chi connectivity index (χ1) is 4.10. The van der Waals surface area contributed by atoms with E-state index in [1.54, 1.807) is 0 Å². The molecule has 0 heterocycles. The van der Waals surface area contributed by atoms with Gasteiger partial charge < -0.3 is 5.11 Å². The first kappa shape index (κ1) is 8.52. The number of rotatable bonds is 0. The Morgan fingerprint density at radius 2 is 1.67 bits per heavy atom. The molecule has 0 aromatic rings. The van der Waals surface area contributed by atoms with Crippen molar-refractivity contribution in [1.29, 1.82) is 0 Å². The van der Waals surface area contributed by atoms with Gasteiger partial charge in [-0.2, -0.15) is 0 Å². The molecule has 0 aromatic heterocycles. The molecule has 0 aromatic carbocycles. The second kappa shape index (κ2) is 3.21. The van der Waals surface area contributed by atoms with E-state index in [0.717, 1.165) is 25.7 Å². The molecule has 1 aliphatic carbocycles. The number of halogens is 2. The predicted octanol–water partition coefficient (Wildman–Crippen LogP) is 2.49. The van der Waals surface area contributed by atoms with Crippen LogP contribution in [0.1, 0.15) is 25.7 Å². The van der Waals surface area contributed by atoms with E-state index in [9.17, 15) is 0 Å². The summed E-state index contributed by atoms with van der Waals surface area (Å²) in [4.78, 5) is 0. The summed E-state index contributed by atoms with van der Waals surface area (Å²) in [6.45, 7) is 0. The van der Waals surface area contributed by atoms with Crippen molar-refractivity contribution < 1.29 is 5.11 Å². The summed E-state index contributed by atoms with van der Waals surface area (Å²) < 4.78 is 0.439. The molecule has 1 fully saturated rings. The van der Waals surface area contributed by atoms with Gasteiger partial charge in [-0.25, -0.2) is 0 Å². The van der Waals surface area contributed by atoms with Crippen molar-refractivity contribution >= 4 is 45.2 Å². The molecule has 1 N–H and O–H groups in total. The number of aliphatic hydroxyl groups is 1. The molecule has 0 bridgehead atoms. The average Bonchev–Trinajstić information content (AvgIpc) is 1.78. The van der Waals surface area contributed by atoms with Gasteiger partial charge in [0.1, 0.15) is 0 Å². The summed E-state index contributed by atoms with van der Waals surface area (Å²) in [5.74, 6) is 0. The van der Waals surface area contributed by atoms with E-state index >= 15 is 0 Å². The Morgan fingerprint density at radius 3 is 2.00 bits per heavy atom. The third-order valence-electron chi connectivity index (χ3n) is 1.69. The van der Waals surface area contributed by atoms with Crippen molar-refractivity contribution in [3.05, 3.63) is 0 Å². The van der Waals surface area contributed by atoms with Gasteiger partial charge in [-0.05, 0) is 25.7 Å². The maximum Gasteiger partial charge on any atom is 0.0736 e. The highest BCUT2D eigenvalue weighted by Crippen LogP contribution is 2.41. The van der Waals surface area contributed by atoms with Gasteiger partial charge in [-0.15, -0.1) is 0 Å². The van der Waals surface area contributed by atoms with Gasteiger partial charge in [0, 0.05) is 0 Å². The van der Waals surface area contributed by atoms with Crippen LogP contribution in [0.2, 0.25) is 0 Å². The van der Waals surface area contributed by atoms with Crippen LogP contribution in [0, 0.1) is 0 Å². The van der Waals surface area contributed by atoms with Gasteiger partial charge >= 0.3 is 0 Å². The molecule has 3 heteroatoms. The minimum absolute atomic E-state index is 0.0114. The lowest BCUT2D eigenvalue weighted by molar-refractivity contribution is 0.132. The van der Waals surface area contributed by atoms with Crippen LogP contribution in [-0.2, 0) is 0 Å². The van der Waals surface area contributed by atoms with Crippen LogP contribution in [0.3, 0.4) is 0 Å². The lowest BCUT2D eigenvalue weighted by atomic mass is 9.98. The van der Waals surface area contributed by atoms with Crippen LogP contribution < -0.4 is 0 Å². The molecule has 1 aliphatic rings. The van der Waals surface area contributed by atoms with Gasteiger partial charge in [-0.3, -0.25) is 0 Å². The Morgan fingerprint density at radius 1 is 1.22 bits per heavy atom. The fraction of sp³-hybridized carbons (Fsp3) is 1.00. The van der Waals surface area contributed by atoms with Gasteiger partial charge in [0.05, 0.1) is 7.53 Å². The third kappa shape index (κ3) is 2.88. The smallest absolute Gasteiger partial charge is 0.0736 e. The Labute approximate surface area is 82.9 Å². The third-order valence-corrected chi connectivity index (χ3v) is 3.84. The summed E-state index contributed by atoms with van der Waals surface area (Å²) in [7, 11) is 0. The molecule has 1 saturated carbocycles. The largest absolute Gasteiger partial charge is 0.393 e. The van der Waals surface area contributed by atoms with Gasteiger partial charge in [0.25, 0.3) is 0 Å². The number of hydrogen-bond donors (Lipinski definition) is 1. The van der Waals surface area contributed by atoms with E-state index < -0.39 is 0 Å². The Hall–Kier alpha value is 1.42. The lowest BCUT2D eigenvalue weighted by Gasteiger charge is -2.28. The summed E-state index contributed by atoms with van der Waals surface area (Å²) in [6.07, 6.45) is 4.30. The second-order valence-corrected chi connectivity index (χ2v) is 8.78. The summed E-state index contributed by atoms with van der Waals surface area (Å²) in [5, 5.41) is 9.13. The predicted molar refractivity (Wildman–Crippen MR) is 55.2 cm³/mol. The zero-order valence-electron chi connectivity index (χ0n) is 5.11. The van der Waals surface area contributed by atoms with E-state index in [0.29, 0.717) is 1.43 Å². The highest BCUT2D eigenvalue weighted by molar-refractivity contribution is 14.2. The molecular weight excluding hydrogens is 342 g/mol. The SMILES string of the molecule is OC1CCC(I)(I)CC1. The van der Waals surface area contributed by atoms with Crippen LogP contribution in [0.25, 0.3) is 0 Å². The van der Waals surface area contributed by atoms with Crippen molar-refractivity contribution in [2.75, 3.05) is 0 Å². The van der Waals surface area contributed by atoms with E-state index in [1.165, 1.54) is 0 Å². The van der Waals surface area contributed by atoms with Crippen LogP contribution in [0.15, 0.2) is 0 Å². The number of aliphatic hydroxyl groups excluding tert-OH is 1. The molecule has 1 nitrogen and oxygen atoms in total. The Bertz CT molecular complexity index is 93.2. The molecule has 0 spiro atoms. The zero-order valence-corrected chi connectivity index (χ0v) is 9.42. The molecular formula is C6H10I2O. The van der Waals surface area contributed by atoms with Crippen molar-refractivity contribution in [1.82, 2.24) is 0 Å². The number of alkyl halides is 2. The highest BCUT2D eigenvalue weighted by Gasteiger charge is 2.28. The molecule has 0 aliphatic heterocycles. The van der Waals surface area contributed by atoms with E-state index in [2.05, 4.69) is 45.2 Å². The molecule has 0 amide bonds. The first-order valence-corrected chi connectivity index (χ1v) is 5.32. The molecule has 0 atom stereocenters. The minimum Gasteiger partial charge on any atom is -0.393 e. The molecule has 0 radical (unpaired) electrons. The maximum atomic E-state index is 9.13. The van der Waals surface area contributed by atoms with Crippen LogP contribution in [-0.4, -0.2) is 12.6 Å². The summed E-state index contributed by atoms with van der Waals surface area (Å²) in [6, 6.07) is 0. The van der Waals surface area contributed by atoms with Crippen molar-refractivity contribution in [2.45, 2.75) is 33.2 Å². The van der Waals surface area contributed by atoms with Crippen LogP contribution >= 0.6 is 45.2 Å². The van der Waals surface area contributed by atoms with E-state index in [-0.39, 0.29) is 6.10 Å².